The molecule has 0 spiro atoms. The second-order valence-corrected chi connectivity index (χ2v) is 9.00. The second kappa shape index (κ2) is 5.86. The fourth-order valence-electron chi connectivity index (χ4n) is 2.97. The molecular weight excluding hydrogens is 348 g/mol. The molecule has 0 saturated heterocycles. The van der Waals surface area contributed by atoms with Crippen molar-refractivity contribution in [1.29, 1.82) is 0 Å². The first-order valence-corrected chi connectivity index (χ1v) is 9.99. The molecule has 5 nitrogen and oxygen atoms in total. The Morgan fingerprint density at radius 1 is 1.29 bits per heavy atom. The van der Waals surface area contributed by atoms with E-state index >= 15 is 0 Å². The Morgan fingerprint density at radius 3 is 2.62 bits per heavy atom. The van der Waals surface area contributed by atoms with E-state index in [9.17, 15) is 8.42 Å². The Bertz CT molecular complexity index is 843. The molecule has 0 aliphatic heterocycles. The summed E-state index contributed by atoms with van der Waals surface area (Å²) in [5, 5.41) is 0.279. The first-order valence-electron chi connectivity index (χ1n) is 8.17. The van der Waals surface area contributed by atoms with Gasteiger partial charge in [-0.25, -0.2) is 13.4 Å². The van der Waals surface area contributed by atoms with Crippen LogP contribution >= 0.6 is 11.6 Å². The smallest absolute Gasteiger partial charge is 0.245 e. The van der Waals surface area contributed by atoms with E-state index in [1.165, 1.54) is 22.6 Å². The Hall–Kier alpha value is -1.37. The second-order valence-electron chi connectivity index (χ2n) is 6.72. The number of aromatic nitrogens is 1. The first kappa shape index (κ1) is 16.1. The molecule has 2 aliphatic carbocycles. The van der Waals surface area contributed by atoms with Crippen molar-refractivity contribution in [3.63, 3.8) is 0 Å². The number of halogens is 1. The molecule has 0 amide bonds. The molecule has 24 heavy (non-hydrogen) atoms. The zero-order valence-corrected chi connectivity index (χ0v) is 14.9. The largest absolute Gasteiger partial charge is 0.464 e. The average molecular weight is 367 g/mol. The lowest BCUT2D eigenvalue weighted by molar-refractivity contribution is 0.347. The Kier molecular flexibility index (Phi) is 3.94. The van der Waals surface area contributed by atoms with Crippen LogP contribution in [0.3, 0.4) is 0 Å². The zero-order valence-electron chi connectivity index (χ0n) is 13.4. The van der Waals surface area contributed by atoms with E-state index in [1.54, 1.807) is 0 Å². The number of hydrogen-bond donors (Lipinski definition) is 0. The van der Waals surface area contributed by atoms with E-state index in [1.807, 2.05) is 12.1 Å². The zero-order chi connectivity index (χ0) is 16.9. The summed E-state index contributed by atoms with van der Waals surface area (Å²) in [6.45, 7) is 2.46. The van der Waals surface area contributed by atoms with Crippen LogP contribution in [-0.4, -0.2) is 23.7 Å². The summed E-state index contributed by atoms with van der Waals surface area (Å²) in [6.07, 6.45) is 4.22. The van der Waals surface area contributed by atoms with E-state index in [2.05, 4.69) is 11.9 Å². The van der Waals surface area contributed by atoms with Gasteiger partial charge in [0, 0.05) is 18.2 Å². The van der Waals surface area contributed by atoms with Gasteiger partial charge in [-0.2, -0.15) is 4.31 Å². The Balaban J connectivity index is 1.58. The van der Waals surface area contributed by atoms with Crippen molar-refractivity contribution in [2.75, 3.05) is 0 Å². The third-order valence-corrected chi connectivity index (χ3v) is 6.84. The predicted octanol–water partition coefficient (Wildman–Crippen LogP) is 3.80. The lowest BCUT2D eigenvalue weighted by atomic mass is 10.3. The van der Waals surface area contributed by atoms with Crippen LogP contribution in [-0.2, 0) is 16.6 Å². The SMILES string of the molecule is C[C@H]1C[C@@H]1c1ccc(CN(C2CC2)S(=O)(=O)c2ccc(Cl)nc2)o1. The van der Waals surface area contributed by atoms with Crippen molar-refractivity contribution in [2.45, 2.75) is 49.6 Å². The standard InChI is InChI=1S/C17H19ClN2O3S/c1-11-8-15(11)16-6-4-13(23-16)10-20(12-2-3-12)24(21,22)14-5-7-17(18)19-9-14/h4-7,9,11-12,15H,2-3,8,10H2,1H3/t11-,15-/m0/s1. The molecule has 7 heteroatoms. The topological polar surface area (TPSA) is 63.4 Å². The van der Waals surface area contributed by atoms with Gasteiger partial charge in [0.05, 0.1) is 6.54 Å². The van der Waals surface area contributed by atoms with Crippen molar-refractivity contribution in [3.8, 4) is 0 Å². The van der Waals surface area contributed by atoms with Crippen LogP contribution in [0.2, 0.25) is 5.15 Å². The highest BCUT2D eigenvalue weighted by molar-refractivity contribution is 7.89. The highest BCUT2D eigenvalue weighted by Crippen LogP contribution is 2.47. The highest BCUT2D eigenvalue weighted by atomic mass is 35.5. The molecule has 0 aromatic carbocycles. The molecule has 0 unspecified atom stereocenters. The van der Waals surface area contributed by atoms with Gasteiger partial charge in [-0.1, -0.05) is 18.5 Å². The van der Waals surface area contributed by atoms with Crippen molar-refractivity contribution >= 4 is 21.6 Å². The monoisotopic (exact) mass is 366 g/mol. The third-order valence-electron chi connectivity index (χ3n) is 4.73. The number of hydrogen-bond acceptors (Lipinski definition) is 4. The van der Waals surface area contributed by atoms with Crippen molar-refractivity contribution in [2.24, 2.45) is 5.92 Å². The van der Waals surface area contributed by atoms with Gasteiger partial charge in [0.1, 0.15) is 21.6 Å². The molecule has 2 aromatic rings. The minimum atomic E-state index is -3.61. The molecular formula is C17H19ClN2O3S. The molecule has 2 aliphatic rings. The summed E-state index contributed by atoms with van der Waals surface area (Å²) in [6, 6.07) is 6.91. The van der Waals surface area contributed by atoms with Gasteiger partial charge in [-0.3, -0.25) is 0 Å². The van der Waals surface area contributed by atoms with Crippen LogP contribution in [0.15, 0.2) is 39.8 Å². The summed E-state index contributed by atoms with van der Waals surface area (Å²) in [5.74, 6) is 2.82. The summed E-state index contributed by atoms with van der Waals surface area (Å²) in [7, 11) is -3.61. The van der Waals surface area contributed by atoms with E-state index < -0.39 is 10.0 Å². The fourth-order valence-corrected chi connectivity index (χ4v) is 4.68. The maximum atomic E-state index is 12.9. The Morgan fingerprint density at radius 2 is 2.04 bits per heavy atom. The summed E-state index contributed by atoms with van der Waals surface area (Å²) >= 11 is 5.76. The van der Waals surface area contributed by atoms with Gasteiger partial charge >= 0.3 is 0 Å². The molecule has 2 atom stereocenters. The maximum absolute atomic E-state index is 12.9. The summed E-state index contributed by atoms with van der Waals surface area (Å²) in [4.78, 5) is 4.06. The minimum absolute atomic E-state index is 0.0408. The fraction of sp³-hybridized carbons (Fsp3) is 0.471. The van der Waals surface area contributed by atoms with Crippen LogP contribution in [0.5, 0.6) is 0 Å². The molecule has 0 bridgehead atoms. The number of sulfonamides is 1. The summed E-state index contributed by atoms with van der Waals surface area (Å²) < 4.78 is 33.3. The van der Waals surface area contributed by atoms with Gasteiger partial charge in [0.25, 0.3) is 0 Å². The number of pyridine rings is 1. The Labute approximate surface area is 146 Å². The van der Waals surface area contributed by atoms with Crippen LogP contribution in [0.4, 0.5) is 0 Å². The molecule has 2 fully saturated rings. The van der Waals surface area contributed by atoms with Gasteiger partial charge < -0.3 is 4.42 Å². The number of furan rings is 1. The minimum Gasteiger partial charge on any atom is -0.464 e. The molecule has 128 valence electrons. The van der Waals surface area contributed by atoms with Crippen molar-refractivity contribution in [3.05, 3.63) is 47.1 Å². The molecule has 2 saturated carbocycles. The molecule has 2 heterocycles. The molecule has 0 N–H and O–H groups in total. The number of nitrogens with zero attached hydrogens (tertiary/aromatic N) is 2. The van der Waals surface area contributed by atoms with E-state index in [-0.39, 0.29) is 22.6 Å². The quantitative estimate of drug-likeness (QED) is 0.729. The van der Waals surface area contributed by atoms with Gasteiger partial charge in [0.15, 0.2) is 0 Å². The van der Waals surface area contributed by atoms with E-state index in [0.29, 0.717) is 17.6 Å². The van der Waals surface area contributed by atoms with Crippen molar-refractivity contribution in [1.82, 2.24) is 9.29 Å². The lowest BCUT2D eigenvalue weighted by Crippen LogP contribution is -2.32. The van der Waals surface area contributed by atoms with Crippen molar-refractivity contribution < 1.29 is 12.8 Å². The summed E-state index contributed by atoms with van der Waals surface area (Å²) in [5.41, 5.74) is 0. The lowest BCUT2D eigenvalue weighted by Gasteiger charge is -2.20. The average Bonchev–Trinajstić information content (AvgIpc) is 3.46. The van der Waals surface area contributed by atoms with E-state index in [0.717, 1.165) is 25.0 Å². The molecule has 0 radical (unpaired) electrons. The van der Waals surface area contributed by atoms with Gasteiger partial charge in [-0.05, 0) is 49.4 Å². The number of rotatable bonds is 6. The highest BCUT2D eigenvalue weighted by Gasteiger charge is 2.40. The maximum Gasteiger partial charge on any atom is 0.245 e. The van der Waals surface area contributed by atoms with E-state index in [4.69, 9.17) is 16.0 Å². The van der Waals surface area contributed by atoms with Crippen LogP contribution in [0.25, 0.3) is 0 Å². The first-order chi connectivity index (χ1) is 11.4. The predicted molar refractivity (Wildman–Crippen MR) is 90.2 cm³/mol. The molecule has 4 rings (SSSR count). The van der Waals surface area contributed by atoms with Gasteiger partial charge in [0.2, 0.25) is 10.0 Å². The molecule has 2 aromatic heterocycles. The van der Waals surface area contributed by atoms with Crippen LogP contribution in [0, 0.1) is 5.92 Å². The van der Waals surface area contributed by atoms with Crippen LogP contribution in [0.1, 0.15) is 43.6 Å². The normalized spacial score (nSPS) is 23.6. The third kappa shape index (κ3) is 3.10. The van der Waals surface area contributed by atoms with Crippen LogP contribution < -0.4 is 0 Å². The van der Waals surface area contributed by atoms with Gasteiger partial charge in [-0.15, -0.1) is 0 Å².